The van der Waals surface area contributed by atoms with Gasteiger partial charge in [0.2, 0.25) is 0 Å². The van der Waals surface area contributed by atoms with Crippen LogP contribution >= 0.6 is 0 Å². The van der Waals surface area contributed by atoms with E-state index in [1.54, 1.807) is 0 Å². The minimum atomic E-state index is -4.39. The van der Waals surface area contributed by atoms with Crippen molar-refractivity contribution in [1.29, 1.82) is 0 Å². The lowest BCUT2D eigenvalue weighted by molar-refractivity contribution is -0.180. The predicted octanol–water partition coefficient (Wildman–Crippen LogP) is 1.93. The maximum atomic E-state index is 12.5. The van der Waals surface area contributed by atoms with Crippen molar-refractivity contribution in [3.63, 3.8) is 0 Å². The number of hydrogen-bond acceptors (Lipinski definition) is 5. The lowest BCUT2D eigenvalue weighted by Gasteiger charge is -2.15. The van der Waals surface area contributed by atoms with Gasteiger partial charge in [0.05, 0.1) is 18.9 Å². The normalized spacial score (nSPS) is 18.8. The van der Waals surface area contributed by atoms with Gasteiger partial charge in [-0.05, 0) is 12.8 Å². The molecule has 1 unspecified atom stereocenters. The maximum Gasteiger partial charge on any atom is 0.340 e. The molecule has 0 aromatic carbocycles. The summed E-state index contributed by atoms with van der Waals surface area (Å²) in [5.74, 6) is -6.26. The number of carbonyl (C=O) groups excluding carboxylic acids is 2. The van der Waals surface area contributed by atoms with E-state index in [-0.39, 0.29) is 19.1 Å². The molecule has 0 spiro atoms. The van der Waals surface area contributed by atoms with Crippen molar-refractivity contribution in [1.82, 2.24) is 0 Å². The molecular weight excluding hydrogens is 300 g/mol. The zero-order chi connectivity index (χ0) is 15.9. The number of ether oxygens (including phenoxy) is 3. The Morgan fingerprint density at radius 1 is 1.19 bits per heavy atom. The van der Waals surface area contributed by atoms with Crippen LogP contribution in [0.1, 0.15) is 25.7 Å². The predicted molar refractivity (Wildman–Crippen MR) is 61.1 cm³/mol. The molecule has 21 heavy (non-hydrogen) atoms. The Balaban J connectivity index is 2.12. The summed E-state index contributed by atoms with van der Waals surface area (Å²) >= 11 is 0. The molecule has 5 nitrogen and oxygen atoms in total. The van der Waals surface area contributed by atoms with Gasteiger partial charge in [0.15, 0.2) is 6.61 Å². The Hall–Kier alpha value is -1.38. The molecule has 9 heteroatoms. The van der Waals surface area contributed by atoms with Crippen molar-refractivity contribution in [2.75, 3.05) is 19.8 Å². The monoisotopic (exact) mass is 316 g/mol. The maximum absolute atomic E-state index is 12.5. The van der Waals surface area contributed by atoms with Crippen LogP contribution in [0.3, 0.4) is 0 Å². The Bertz CT molecular complexity index is 356. The molecule has 1 saturated heterocycles. The summed E-state index contributed by atoms with van der Waals surface area (Å²) in [6.07, 6.45) is -3.30. The van der Waals surface area contributed by atoms with Crippen LogP contribution in [-0.4, -0.2) is 50.2 Å². The van der Waals surface area contributed by atoms with Gasteiger partial charge in [0.1, 0.15) is 6.61 Å². The van der Waals surface area contributed by atoms with E-state index < -0.39 is 37.3 Å². The van der Waals surface area contributed by atoms with Gasteiger partial charge in [-0.1, -0.05) is 0 Å². The molecule has 0 amide bonds. The van der Waals surface area contributed by atoms with E-state index in [4.69, 9.17) is 9.47 Å². The molecule has 0 aromatic rings. The fourth-order valence-corrected chi connectivity index (χ4v) is 1.55. The first kappa shape index (κ1) is 17.7. The molecule has 0 aliphatic carbocycles. The third-order valence-corrected chi connectivity index (χ3v) is 2.73. The van der Waals surface area contributed by atoms with Crippen LogP contribution in [0.25, 0.3) is 0 Å². The van der Waals surface area contributed by atoms with Crippen LogP contribution in [0.4, 0.5) is 17.6 Å². The fraction of sp³-hybridized carbons (Fsp3) is 0.833. The minimum absolute atomic E-state index is 0.0668. The highest BCUT2D eigenvalue weighted by Gasteiger charge is 2.42. The van der Waals surface area contributed by atoms with E-state index in [1.807, 2.05) is 0 Å². The lowest BCUT2D eigenvalue weighted by atomic mass is 10.2. The number of halogens is 4. The molecule has 0 N–H and O–H groups in total. The van der Waals surface area contributed by atoms with E-state index in [2.05, 4.69) is 4.74 Å². The van der Waals surface area contributed by atoms with Crippen molar-refractivity contribution >= 4 is 11.9 Å². The van der Waals surface area contributed by atoms with Gasteiger partial charge in [-0.2, -0.15) is 8.78 Å². The first-order valence-electron chi connectivity index (χ1n) is 6.40. The van der Waals surface area contributed by atoms with Gasteiger partial charge < -0.3 is 14.2 Å². The minimum Gasteiger partial charge on any atom is -0.463 e. The number of hydrogen-bond donors (Lipinski definition) is 0. The van der Waals surface area contributed by atoms with Gasteiger partial charge in [0.25, 0.3) is 0 Å². The highest BCUT2D eigenvalue weighted by atomic mass is 19.3. The summed E-state index contributed by atoms with van der Waals surface area (Å²) in [6.45, 7) is -1.04. The Morgan fingerprint density at radius 3 is 2.33 bits per heavy atom. The summed E-state index contributed by atoms with van der Waals surface area (Å²) in [7, 11) is 0. The quantitative estimate of drug-likeness (QED) is 0.506. The highest BCUT2D eigenvalue weighted by Crippen LogP contribution is 2.23. The van der Waals surface area contributed by atoms with Crippen molar-refractivity contribution < 1.29 is 41.4 Å². The molecule has 1 aliphatic heterocycles. The molecular formula is C12H16F4O5. The molecule has 0 saturated carbocycles. The number of esters is 2. The van der Waals surface area contributed by atoms with Crippen molar-refractivity contribution in [3.8, 4) is 0 Å². The van der Waals surface area contributed by atoms with E-state index >= 15 is 0 Å². The van der Waals surface area contributed by atoms with Crippen LogP contribution < -0.4 is 0 Å². The van der Waals surface area contributed by atoms with Crippen molar-refractivity contribution in [3.05, 3.63) is 0 Å². The molecule has 0 aromatic heterocycles. The standard InChI is InChI=1S/C12H16F4O5/c13-11(14)12(15,16)7-21-10(18)4-3-9(17)20-6-8-2-1-5-19-8/h8,11H,1-7H2. The van der Waals surface area contributed by atoms with Gasteiger partial charge >= 0.3 is 24.3 Å². The zero-order valence-electron chi connectivity index (χ0n) is 11.2. The third kappa shape index (κ3) is 6.74. The van der Waals surface area contributed by atoms with Gasteiger partial charge in [-0.25, -0.2) is 8.78 Å². The Morgan fingerprint density at radius 2 is 1.81 bits per heavy atom. The molecule has 1 heterocycles. The van der Waals surface area contributed by atoms with Crippen LogP contribution in [0.5, 0.6) is 0 Å². The molecule has 1 aliphatic rings. The van der Waals surface area contributed by atoms with Gasteiger partial charge in [0, 0.05) is 6.61 Å². The second kappa shape index (κ2) is 8.16. The molecule has 0 bridgehead atoms. The Kier molecular flexibility index (Phi) is 6.86. The number of carbonyl (C=O) groups is 2. The largest absolute Gasteiger partial charge is 0.463 e. The third-order valence-electron chi connectivity index (χ3n) is 2.73. The highest BCUT2D eigenvalue weighted by molar-refractivity contribution is 5.77. The first-order chi connectivity index (χ1) is 9.81. The summed E-state index contributed by atoms with van der Waals surface area (Å²) in [6, 6.07) is 0. The van der Waals surface area contributed by atoms with E-state index in [0.717, 1.165) is 12.8 Å². The van der Waals surface area contributed by atoms with E-state index in [1.165, 1.54) is 0 Å². The molecule has 1 rings (SSSR count). The summed E-state index contributed by atoms with van der Waals surface area (Å²) in [5, 5.41) is 0. The first-order valence-corrected chi connectivity index (χ1v) is 6.40. The Labute approximate surface area is 118 Å². The molecule has 1 fully saturated rings. The van der Waals surface area contributed by atoms with Crippen LogP contribution in [0, 0.1) is 0 Å². The smallest absolute Gasteiger partial charge is 0.340 e. The number of rotatable bonds is 8. The second-order valence-electron chi connectivity index (χ2n) is 4.54. The summed E-state index contributed by atoms with van der Waals surface area (Å²) in [4.78, 5) is 22.3. The summed E-state index contributed by atoms with van der Waals surface area (Å²) in [5.41, 5.74) is 0. The topological polar surface area (TPSA) is 61.8 Å². The molecule has 0 radical (unpaired) electrons. The van der Waals surface area contributed by atoms with Crippen molar-refractivity contribution in [2.45, 2.75) is 44.1 Å². The number of alkyl halides is 4. The average molecular weight is 316 g/mol. The van der Waals surface area contributed by atoms with Crippen LogP contribution in [0.2, 0.25) is 0 Å². The zero-order valence-corrected chi connectivity index (χ0v) is 11.2. The average Bonchev–Trinajstić information content (AvgIpc) is 2.93. The fourth-order valence-electron chi connectivity index (χ4n) is 1.55. The van der Waals surface area contributed by atoms with Gasteiger partial charge in [-0.3, -0.25) is 9.59 Å². The van der Waals surface area contributed by atoms with Crippen LogP contribution in [-0.2, 0) is 23.8 Å². The van der Waals surface area contributed by atoms with Crippen molar-refractivity contribution in [2.24, 2.45) is 0 Å². The molecule has 122 valence electrons. The van der Waals surface area contributed by atoms with Gasteiger partial charge in [-0.15, -0.1) is 0 Å². The summed E-state index contributed by atoms with van der Waals surface area (Å²) < 4.78 is 62.5. The molecule has 1 atom stereocenters. The second-order valence-corrected chi connectivity index (χ2v) is 4.54. The van der Waals surface area contributed by atoms with E-state index in [0.29, 0.717) is 6.61 Å². The van der Waals surface area contributed by atoms with E-state index in [9.17, 15) is 27.2 Å². The van der Waals surface area contributed by atoms with Crippen LogP contribution in [0.15, 0.2) is 0 Å². The lowest BCUT2D eigenvalue weighted by Crippen LogP contribution is -2.33. The SMILES string of the molecule is O=C(CCC(=O)OCC(F)(F)C(F)F)OCC1CCCO1.